The van der Waals surface area contributed by atoms with E-state index >= 15 is 0 Å². The third-order valence-electron chi connectivity index (χ3n) is 3.78. The zero-order chi connectivity index (χ0) is 12.5. The van der Waals surface area contributed by atoms with Gasteiger partial charge in [-0.3, -0.25) is 9.69 Å². The Labute approximate surface area is 108 Å². The number of ether oxygens (including phenoxy) is 1. The molecule has 1 saturated carbocycles. The summed E-state index contributed by atoms with van der Waals surface area (Å²) >= 11 is 2.02. The lowest BCUT2D eigenvalue weighted by atomic mass is 10.1. The monoisotopic (exact) mass is 257 g/mol. The van der Waals surface area contributed by atoms with Crippen LogP contribution in [0.4, 0.5) is 0 Å². The number of methoxy groups -OCH3 is 1. The van der Waals surface area contributed by atoms with Gasteiger partial charge in [-0.1, -0.05) is 13.8 Å². The number of hydrogen-bond acceptors (Lipinski definition) is 4. The van der Waals surface area contributed by atoms with E-state index in [1.807, 2.05) is 11.8 Å². The molecule has 0 spiro atoms. The second kappa shape index (κ2) is 5.19. The van der Waals surface area contributed by atoms with Gasteiger partial charge in [-0.25, -0.2) is 0 Å². The van der Waals surface area contributed by atoms with Gasteiger partial charge in [-0.15, -0.1) is 0 Å². The van der Waals surface area contributed by atoms with Crippen LogP contribution in [0, 0.1) is 5.92 Å². The molecule has 2 fully saturated rings. The molecular formula is C13H23NO2S. The minimum atomic E-state index is -0.0304. The van der Waals surface area contributed by atoms with Gasteiger partial charge in [0.1, 0.15) is 6.04 Å². The Morgan fingerprint density at radius 1 is 1.41 bits per heavy atom. The maximum Gasteiger partial charge on any atom is 0.323 e. The highest BCUT2D eigenvalue weighted by atomic mass is 32.2. The van der Waals surface area contributed by atoms with Crippen molar-refractivity contribution in [1.82, 2.24) is 4.90 Å². The number of carbonyl (C=O) groups excluding carboxylic acids is 1. The van der Waals surface area contributed by atoms with Crippen molar-refractivity contribution in [3.63, 3.8) is 0 Å². The van der Waals surface area contributed by atoms with Crippen molar-refractivity contribution in [2.24, 2.45) is 5.92 Å². The Hall–Kier alpha value is -0.220. The average molecular weight is 257 g/mol. The lowest BCUT2D eigenvalue weighted by Crippen LogP contribution is -2.44. The largest absolute Gasteiger partial charge is 0.468 e. The molecule has 2 rings (SSSR count). The molecule has 1 aliphatic heterocycles. The summed E-state index contributed by atoms with van der Waals surface area (Å²) in [6.45, 7) is 6.64. The van der Waals surface area contributed by atoms with E-state index in [1.54, 1.807) is 0 Å². The molecule has 1 aliphatic carbocycles. The second-order valence-electron chi connectivity index (χ2n) is 5.70. The average Bonchev–Trinajstić information content (AvgIpc) is 3.09. The van der Waals surface area contributed by atoms with Crippen molar-refractivity contribution < 1.29 is 9.53 Å². The number of esters is 1. The van der Waals surface area contributed by atoms with Gasteiger partial charge in [0.2, 0.25) is 0 Å². The Morgan fingerprint density at radius 2 is 2.12 bits per heavy atom. The van der Waals surface area contributed by atoms with E-state index < -0.39 is 0 Å². The van der Waals surface area contributed by atoms with Gasteiger partial charge in [0.25, 0.3) is 0 Å². The quantitative estimate of drug-likeness (QED) is 0.725. The molecule has 3 nitrogen and oxygen atoms in total. The van der Waals surface area contributed by atoms with Crippen LogP contribution in [-0.2, 0) is 9.53 Å². The van der Waals surface area contributed by atoms with Crippen LogP contribution in [-0.4, -0.2) is 47.6 Å². The lowest BCUT2D eigenvalue weighted by Gasteiger charge is -2.28. The van der Waals surface area contributed by atoms with Gasteiger partial charge in [-0.2, -0.15) is 11.8 Å². The van der Waals surface area contributed by atoms with Gasteiger partial charge in [0, 0.05) is 23.6 Å². The molecule has 0 radical (unpaired) electrons. The van der Waals surface area contributed by atoms with Crippen molar-refractivity contribution in [1.29, 1.82) is 0 Å². The third-order valence-corrected chi connectivity index (χ3v) is 5.15. The first-order valence-corrected chi connectivity index (χ1v) is 7.48. The summed E-state index contributed by atoms with van der Waals surface area (Å²) in [5.74, 6) is 1.64. The zero-order valence-electron chi connectivity index (χ0n) is 11.1. The van der Waals surface area contributed by atoms with Gasteiger partial charge in [0.15, 0.2) is 0 Å². The zero-order valence-corrected chi connectivity index (χ0v) is 11.9. The van der Waals surface area contributed by atoms with Crippen molar-refractivity contribution in [3.05, 3.63) is 0 Å². The van der Waals surface area contributed by atoms with Gasteiger partial charge < -0.3 is 4.74 Å². The van der Waals surface area contributed by atoms with Crippen LogP contribution in [0.3, 0.4) is 0 Å². The second-order valence-corrected chi connectivity index (χ2v) is 7.50. The number of thioether (sulfide) groups is 1. The normalized spacial score (nSPS) is 27.2. The first kappa shape index (κ1) is 13.2. The number of rotatable bonds is 3. The van der Waals surface area contributed by atoms with E-state index in [4.69, 9.17) is 4.74 Å². The number of carbonyl (C=O) groups is 1. The van der Waals surface area contributed by atoms with Crippen LogP contribution in [0.5, 0.6) is 0 Å². The Balaban J connectivity index is 2.01. The van der Waals surface area contributed by atoms with Gasteiger partial charge in [-0.05, 0) is 25.2 Å². The molecule has 1 saturated heterocycles. The highest BCUT2D eigenvalue weighted by molar-refractivity contribution is 8.00. The van der Waals surface area contributed by atoms with Crippen LogP contribution in [0.25, 0.3) is 0 Å². The van der Waals surface area contributed by atoms with E-state index in [9.17, 15) is 4.79 Å². The minimum absolute atomic E-state index is 0.0227. The van der Waals surface area contributed by atoms with E-state index in [0.29, 0.717) is 10.7 Å². The maximum atomic E-state index is 11.9. The summed E-state index contributed by atoms with van der Waals surface area (Å²) in [5, 5.41) is 0. The van der Waals surface area contributed by atoms with E-state index in [-0.39, 0.29) is 12.0 Å². The van der Waals surface area contributed by atoms with Crippen molar-refractivity contribution in [3.8, 4) is 0 Å². The lowest BCUT2D eigenvalue weighted by molar-refractivity contribution is -0.147. The smallest absolute Gasteiger partial charge is 0.323 e. The third kappa shape index (κ3) is 3.38. The SMILES string of the molecule is COC(=O)C(C1CC1)N1CCSC(C)(C)CC1. The van der Waals surface area contributed by atoms with Crippen LogP contribution in [0.1, 0.15) is 33.1 Å². The molecule has 0 amide bonds. The summed E-state index contributed by atoms with van der Waals surface area (Å²) in [4.78, 5) is 14.2. The summed E-state index contributed by atoms with van der Waals surface area (Å²) in [5.41, 5.74) is 0. The predicted molar refractivity (Wildman–Crippen MR) is 71.3 cm³/mol. The highest BCUT2D eigenvalue weighted by Gasteiger charge is 2.41. The summed E-state index contributed by atoms with van der Waals surface area (Å²) in [7, 11) is 1.51. The predicted octanol–water partition coefficient (Wildman–Crippen LogP) is 2.16. The molecule has 0 aromatic heterocycles. The van der Waals surface area contributed by atoms with Crippen molar-refractivity contribution >= 4 is 17.7 Å². The summed E-state index contributed by atoms with van der Waals surface area (Å²) < 4.78 is 5.32. The maximum absolute atomic E-state index is 11.9. The molecular weight excluding hydrogens is 234 g/mol. The standard InChI is InChI=1S/C13H23NO2S/c1-13(2)6-7-14(8-9-17-13)11(10-4-5-10)12(15)16-3/h10-11H,4-9H2,1-3H3. The number of nitrogens with zero attached hydrogens (tertiary/aromatic N) is 1. The fourth-order valence-corrected chi connectivity index (χ4v) is 3.60. The molecule has 1 heterocycles. The highest BCUT2D eigenvalue weighted by Crippen LogP contribution is 2.38. The van der Waals surface area contributed by atoms with Crippen LogP contribution in [0.15, 0.2) is 0 Å². The molecule has 1 atom stereocenters. The Kier molecular flexibility index (Phi) is 4.03. The Bertz CT molecular complexity index is 289. The molecule has 17 heavy (non-hydrogen) atoms. The van der Waals surface area contributed by atoms with Crippen molar-refractivity contribution in [2.45, 2.75) is 43.9 Å². The topological polar surface area (TPSA) is 29.5 Å². The summed E-state index contributed by atoms with van der Waals surface area (Å²) in [6, 6.07) is 0.0227. The molecule has 0 aromatic rings. The first-order valence-electron chi connectivity index (χ1n) is 6.49. The van der Waals surface area contributed by atoms with E-state index in [1.165, 1.54) is 20.0 Å². The number of hydrogen-bond donors (Lipinski definition) is 0. The molecule has 0 N–H and O–H groups in total. The Morgan fingerprint density at radius 3 is 2.71 bits per heavy atom. The van der Waals surface area contributed by atoms with Gasteiger partial charge in [0.05, 0.1) is 7.11 Å². The van der Waals surface area contributed by atoms with Crippen LogP contribution >= 0.6 is 11.8 Å². The molecule has 0 aromatic carbocycles. The molecule has 0 bridgehead atoms. The molecule has 98 valence electrons. The van der Waals surface area contributed by atoms with Crippen LogP contribution < -0.4 is 0 Å². The minimum Gasteiger partial charge on any atom is -0.468 e. The van der Waals surface area contributed by atoms with E-state index in [0.717, 1.165) is 25.3 Å². The molecule has 4 heteroatoms. The van der Waals surface area contributed by atoms with E-state index in [2.05, 4.69) is 18.7 Å². The van der Waals surface area contributed by atoms with Crippen LogP contribution in [0.2, 0.25) is 0 Å². The fourth-order valence-electron chi connectivity index (χ4n) is 2.49. The fraction of sp³-hybridized carbons (Fsp3) is 0.923. The van der Waals surface area contributed by atoms with Gasteiger partial charge >= 0.3 is 5.97 Å². The summed E-state index contributed by atoms with van der Waals surface area (Å²) in [6.07, 6.45) is 3.53. The molecule has 2 aliphatic rings. The molecule has 1 unspecified atom stereocenters. The first-order chi connectivity index (χ1) is 8.03. The van der Waals surface area contributed by atoms with Crippen molar-refractivity contribution in [2.75, 3.05) is 26.0 Å².